The van der Waals surface area contributed by atoms with Gasteiger partial charge in [-0.25, -0.2) is 0 Å². The van der Waals surface area contributed by atoms with Gasteiger partial charge in [0.25, 0.3) is 11.5 Å². The number of thiocarbonyl (C=S) groups is 1. The Labute approximate surface area is 229 Å². The molecule has 2 fully saturated rings. The highest BCUT2D eigenvalue weighted by atomic mass is 32.2. The minimum Gasteiger partial charge on any atom is -0.357 e. The molecule has 37 heavy (non-hydrogen) atoms. The number of nitrogens with zero attached hydrogens (tertiary/aromatic N) is 4. The van der Waals surface area contributed by atoms with Crippen molar-refractivity contribution in [2.75, 3.05) is 24.5 Å². The standard InChI is InChI=1S/C29H34N4O2S2/c1-4-6-14-33-26(31-15-12-22(13-16-31)17-21-10-8-7-9-11-21)23(20(3)24(19-30)27(33)34)18-25-28(35)32(5-2)29(36)37-25/h7-11,18,22H,4-6,12-17H2,1-3H3. The SMILES string of the molecule is CCCCn1c(N2CCC(Cc3ccccc3)CC2)c(C=C2SC(=S)N(CC)C2=O)c(C)c(C#N)c1=O. The summed E-state index contributed by atoms with van der Waals surface area (Å²) < 4.78 is 2.32. The fourth-order valence-electron chi connectivity index (χ4n) is 5.21. The molecule has 4 rings (SSSR count). The van der Waals surface area contributed by atoms with Gasteiger partial charge >= 0.3 is 0 Å². The highest BCUT2D eigenvalue weighted by Gasteiger charge is 2.33. The summed E-state index contributed by atoms with van der Waals surface area (Å²) in [5.74, 6) is 1.29. The van der Waals surface area contributed by atoms with E-state index >= 15 is 0 Å². The third-order valence-electron chi connectivity index (χ3n) is 7.33. The van der Waals surface area contributed by atoms with Crippen LogP contribution >= 0.6 is 24.0 Å². The van der Waals surface area contributed by atoms with Gasteiger partial charge in [-0.2, -0.15) is 5.26 Å². The largest absolute Gasteiger partial charge is 0.357 e. The molecule has 2 aliphatic rings. The van der Waals surface area contributed by atoms with Crippen molar-refractivity contribution in [1.82, 2.24) is 9.47 Å². The molecule has 1 aromatic carbocycles. The predicted molar refractivity (Wildman–Crippen MR) is 156 cm³/mol. The fraction of sp³-hybridized carbons (Fsp3) is 0.448. The van der Waals surface area contributed by atoms with Crippen LogP contribution in [0.4, 0.5) is 5.82 Å². The normalized spacial score (nSPS) is 17.6. The number of carbonyl (C=O) groups is 1. The number of aromatic nitrogens is 1. The number of pyridine rings is 1. The van der Waals surface area contributed by atoms with Crippen LogP contribution in [0.25, 0.3) is 6.08 Å². The third-order valence-corrected chi connectivity index (χ3v) is 8.71. The first-order chi connectivity index (χ1) is 17.9. The van der Waals surface area contributed by atoms with E-state index in [1.54, 1.807) is 9.47 Å². The lowest BCUT2D eigenvalue weighted by Gasteiger charge is -2.36. The molecule has 0 aliphatic carbocycles. The summed E-state index contributed by atoms with van der Waals surface area (Å²) in [6.07, 6.45) is 6.73. The second kappa shape index (κ2) is 12.1. The zero-order valence-electron chi connectivity index (χ0n) is 21.8. The van der Waals surface area contributed by atoms with Gasteiger partial charge in [-0.05, 0) is 62.7 Å². The van der Waals surface area contributed by atoms with Crippen molar-refractivity contribution in [3.05, 3.63) is 67.8 Å². The van der Waals surface area contributed by atoms with E-state index in [2.05, 4.69) is 42.2 Å². The van der Waals surface area contributed by atoms with Gasteiger partial charge in [0, 0.05) is 31.7 Å². The summed E-state index contributed by atoms with van der Waals surface area (Å²) in [5.41, 5.74) is 2.67. The number of benzene rings is 1. The van der Waals surface area contributed by atoms with E-state index in [1.165, 1.54) is 17.3 Å². The van der Waals surface area contributed by atoms with Crippen LogP contribution in [0.5, 0.6) is 0 Å². The summed E-state index contributed by atoms with van der Waals surface area (Å²) in [6.45, 7) is 8.53. The monoisotopic (exact) mass is 534 g/mol. The number of rotatable bonds is 8. The molecular weight excluding hydrogens is 500 g/mol. The second-order valence-electron chi connectivity index (χ2n) is 9.71. The number of amides is 1. The van der Waals surface area contributed by atoms with E-state index < -0.39 is 0 Å². The number of anilines is 1. The smallest absolute Gasteiger partial charge is 0.270 e. The number of nitriles is 1. The van der Waals surface area contributed by atoms with Crippen molar-refractivity contribution in [1.29, 1.82) is 5.26 Å². The minimum absolute atomic E-state index is 0.116. The molecule has 0 saturated carbocycles. The number of unbranched alkanes of at least 4 members (excludes halogenated alkanes) is 1. The number of thioether (sulfide) groups is 1. The number of hydrogen-bond donors (Lipinski definition) is 0. The van der Waals surface area contributed by atoms with Crippen LogP contribution in [0.3, 0.4) is 0 Å². The van der Waals surface area contributed by atoms with E-state index in [-0.39, 0.29) is 17.0 Å². The molecule has 1 amide bonds. The Hall–Kier alpha value is -2.89. The van der Waals surface area contributed by atoms with Crippen molar-refractivity contribution in [3.8, 4) is 6.07 Å². The quantitative estimate of drug-likeness (QED) is 0.329. The van der Waals surface area contributed by atoms with Crippen LogP contribution in [0.1, 0.15) is 61.8 Å². The fourth-order valence-corrected chi connectivity index (χ4v) is 6.57. The number of carbonyl (C=O) groups excluding carboxylic acids is 1. The molecule has 0 atom stereocenters. The van der Waals surface area contributed by atoms with Gasteiger partial charge in [-0.15, -0.1) is 0 Å². The van der Waals surface area contributed by atoms with E-state index in [1.807, 2.05) is 26.0 Å². The molecule has 2 aliphatic heterocycles. The summed E-state index contributed by atoms with van der Waals surface area (Å²) >= 11 is 6.72. The van der Waals surface area contributed by atoms with Crippen LogP contribution in [0.15, 0.2) is 40.0 Å². The van der Waals surface area contributed by atoms with Gasteiger partial charge < -0.3 is 4.90 Å². The topological polar surface area (TPSA) is 69.3 Å². The number of likely N-dealkylation sites (N-methyl/N-ethyl adjacent to an activating group) is 1. The lowest BCUT2D eigenvalue weighted by molar-refractivity contribution is -0.121. The first kappa shape index (κ1) is 27.2. The van der Waals surface area contributed by atoms with Crippen molar-refractivity contribution in [2.24, 2.45) is 5.92 Å². The van der Waals surface area contributed by atoms with Crippen LogP contribution in [-0.2, 0) is 17.8 Å². The van der Waals surface area contributed by atoms with Crippen molar-refractivity contribution >= 4 is 46.1 Å². The molecule has 0 bridgehead atoms. The van der Waals surface area contributed by atoms with E-state index in [4.69, 9.17) is 12.2 Å². The van der Waals surface area contributed by atoms with Crippen molar-refractivity contribution < 1.29 is 4.79 Å². The van der Waals surface area contributed by atoms with Crippen molar-refractivity contribution in [3.63, 3.8) is 0 Å². The summed E-state index contributed by atoms with van der Waals surface area (Å²) in [7, 11) is 0. The molecule has 2 saturated heterocycles. The molecule has 0 radical (unpaired) electrons. The Kier molecular flexibility index (Phi) is 8.88. The van der Waals surface area contributed by atoms with Crippen molar-refractivity contribution in [2.45, 2.75) is 59.4 Å². The molecule has 0 unspecified atom stereocenters. The van der Waals surface area contributed by atoms with Crippen LogP contribution in [0, 0.1) is 24.2 Å². The lowest BCUT2D eigenvalue weighted by Crippen LogP contribution is -2.40. The Morgan fingerprint density at radius 2 is 1.86 bits per heavy atom. The van der Waals surface area contributed by atoms with Crippen LogP contribution < -0.4 is 10.5 Å². The summed E-state index contributed by atoms with van der Waals surface area (Å²) in [4.78, 5) is 31.0. The van der Waals surface area contributed by atoms with Crippen LogP contribution in [-0.4, -0.2) is 39.3 Å². The minimum atomic E-state index is -0.242. The van der Waals surface area contributed by atoms with Gasteiger partial charge in [-0.3, -0.25) is 19.1 Å². The maximum atomic E-state index is 13.5. The molecule has 3 heterocycles. The highest BCUT2D eigenvalue weighted by molar-refractivity contribution is 8.26. The molecular formula is C29H34N4O2S2. The van der Waals surface area contributed by atoms with Gasteiger partial charge in [0.2, 0.25) is 0 Å². The average Bonchev–Trinajstić information content (AvgIpc) is 3.18. The summed E-state index contributed by atoms with van der Waals surface area (Å²) in [6, 6.07) is 12.7. The van der Waals surface area contributed by atoms with Gasteiger partial charge in [0.05, 0.1) is 4.91 Å². The second-order valence-corrected chi connectivity index (χ2v) is 11.4. The Morgan fingerprint density at radius 1 is 1.16 bits per heavy atom. The Bertz CT molecular complexity index is 1300. The molecule has 0 N–H and O–H groups in total. The number of hydrogen-bond acceptors (Lipinski definition) is 6. The predicted octanol–water partition coefficient (Wildman–Crippen LogP) is 5.51. The summed E-state index contributed by atoms with van der Waals surface area (Å²) in [5, 5.41) is 9.89. The third kappa shape index (κ3) is 5.68. The zero-order chi connectivity index (χ0) is 26.5. The highest BCUT2D eigenvalue weighted by Crippen LogP contribution is 2.37. The zero-order valence-corrected chi connectivity index (χ0v) is 23.5. The lowest BCUT2D eigenvalue weighted by atomic mass is 9.90. The number of piperidine rings is 1. The first-order valence-corrected chi connectivity index (χ1v) is 14.3. The Morgan fingerprint density at radius 3 is 2.46 bits per heavy atom. The van der Waals surface area contributed by atoms with Gasteiger partial charge in [0.15, 0.2) is 0 Å². The molecule has 6 nitrogen and oxygen atoms in total. The molecule has 194 valence electrons. The maximum absolute atomic E-state index is 13.5. The molecule has 8 heteroatoms. The first-order valence-electron chi connectivity index (χ1n) is 13.1. The molecule has 2 aromatic rings. The molecule has 1 aromatic heterocycles. The maximum Gasteiger partial charge on any atom is 0.270 e. The van der Waals surface area contributed by atoms with Gasteiger partial charge in [-0.1, -0.05) is 67.7 Å². The molecule has 0 spiro atoms. The van der Waals surface area contributed by atoms with Gasteiger partial charge in [0.1, 0.15) is 21.8 Å². The van der Waals surface area contributed by atoms with E-state index in [0.717, 1.165) is 56.6 Å². The Balaban J connectivity index is 1.75. The van der Waals surface area contributed by atoms with E-state index in [0.29, 0.717) is 33.8 Å². The van der Waals surface area contributed by atoms with Crippen LogP contribution in [0.2, 0.25) is 0 Å². The van der Waals surface area contributed by atoms with E-state index in [9.17, 15) is 14.9 Å². The average molecular weight is 535 g/mol.